The molecule has 3 atom stereocenters. The third-order valence-corrected chi connectivity index (χ3v) is 8.41. The summed E-state index contributed by atoms with van der Waals surface area (Å²) in [5.41, 5.74) is 2.16. The van der Waals surface area contributed by atoms with E-state index in [-0.39, 0.29) is 30.2 Å². The van der Waals surface area contributed by atoms with Gasteiger partial charge >= 0.3 is 0 Å². The molecule has 0 bridgehead atoms. The van der Waals surface area contributed by atoms with Crippen molar-refractivity contribution in [3.63, 3.8) is 0 Å². The van der Waals surface area contributed by atoms with E-state index in [1.807, 2.05) is 18.2 Å². The Morgan fingerprint density at radius 2 is 1.81 bits per heavy atom. The summed E-state index contributed by atoms with van der Waals surface area (Å²) in [7, 11) is 0. The van der Waals surface area contributed by atoms with E-state index in [9.17, 15) is 14.4 Å². The number of hydrogen-bond acceptors (Lipinski definition) is 5. The molecule has 32 heavy (non-hydrogen) atoms. The largest absolute Gasteiger partial charge is 0.489 e. The summed E-state index contributed by atoms with van der Waals surface area (Å²) in [6.45, 7) is 2.86. The average Bonchev–Trinajstić information content (AvgIpc) is 3.03. The SMILES string of the molecule is O=C1CCC(N2Cc3cc(O[C@H]4CCCC[C@@H]4N4CC5(CCC5)C4)ccc3C2=O)C(=O)N1. The van der Waals surface area contributed by atoms with Gasteiger partial charge in [-0.1, -0.05) is 12.8 Å². The lowest BCUT2D eigenvalue weighted by Gasteiger charge is -2.59. The van der Waals surface area contributed by atoms with Crippen LogP contribution in [0.15, 0.2) is 18.2 Å². The predicted octanol–water partition coefficient (Wildman–Crippen LogP) is 2.62. The van der Waals surface area contributed by atoms with Crippen LogP contribution >= 0.6 is 0 Å². The second kappa shape index (κ2) is 7.58. The van der Waals surface area contributed by atoms with Crippen LogP contribution in [0.3, 0.4) is 0 Å². The van der Waals surface area contributed by atoms with Crippen LogP contribution in [0.25, 0.3) is 0 Å². The minimum Gasteiger partial charge on any atom is -0.489 e. The van der Waals surface area contributed by atoms with Crippen molar-refractivity contribution in [2.75, 3.05) is 13.1 Å². The first-order valence-corrected chi connectivity index (χ1v) is 12.2. The van der Waals surface area contributed by atoms with E-state index in [2.05, 4.69) is 10.2 Å². The molecule has 0 radical (unpaired) electrons. The Hall–Kier alpha value is -2.41. The highest BCUT2D eigenvalue weighted by molar-refractivity contribution is 6.05. The molecule has 0 aromatic heterocycles. The number of nitrogens with one attached hydrogen (secondary N) is 1. The molecule has 7 nitrogen and oxygen atoms in total. The summed E-state index contributed by atoms with van der Waals surface area (Å²) in [6.07, 6.45) is 9.78. The van der Waals surface area contributed by atoms with Gasteiger partial charge in [-0.15, -0.1) is 0 Å². The van der Waals surface area contributed by atoms with Gasteiger partial charge in [-0.2, -0.15) is 0 Å². The number of rotatable bonds is 4. The summed E-state index contributed by atoms with van der Waals surface area (Å²) < 4.78 is 6.53. The van der Waals surface area contributed by atoms with Gasteiger partial charge in [-0.3, -0.25) is 24.6 Å². The number of imide groups is 1. The van der Waals surface area contributed by atoms with Gasteiger partial charge in [0, 0.05) is 37.7 Å². The van der Waals surface area contributed by atoms with Crippen molar-refractivity contribution in [3.8, 4) is 5.75 Å². The quantitative estimate of drug-likeness (QED) is 0.733. The van der Waals surface area contributed by atoms with Crippen LogP contribution < -0.4 is 10.1 Å². The van der Waals surface area contributed by atoms with Crippen molar-refractivity contribution in [2.24, 2.45) is 5.41 Å². The van der Waals surface area contributed by atoms with Crippen molar-refractivity contribution >= 4 is 17.7 Å². The number of piperidine rings is 1. The normalized spacial score (nSPS) is 31.7. The second-order valence-electron chi connectivity index (χ2n) is 10.5. The van der Waals surface area contributed by atoms with Gasteiger partial charge in [0.1, 0.15) is 17.9 Å². The Balaban J connectivity index is 1.14. The van der Waals surface area contributed by atoms with Crippen molar-refractivity contribution in [1.82, 2.24) is 15.1 Å². The third kappa shape index (κ3) is 3.33. The van der Waals surface area contributed by atoms with Crippen molar-refractivity contribution in [1.29, 1.82) is 0 Å². The topological polar surface area (TPSA) is 79.0 Å². The minimum atomic E-state index is -0.579. The highest BCUT2D eigenvalue weighted by Crippen LogP contribution is 2.50. The zero-order valence-corrected chi connectivity index (χ0v) is 18.5. The van der Waals surface area contributed by atoms with Crippen LogP contribution in [-0.2, 0) is 16.1 Å². The Kier molecular flexibility index (Phi) is 4.79. The van der Waals surface area contributed by atoms with E-state index < -0.39 is 6.04 Å². The first kappa shape index (κ1) is 20.2. The molecule has 7 heteroatoms. The number of likely N-dealkylation sites (tertiary alicyclic amines) is 1. The summed E-state index contributed by atoms with van der Waals surface area (Å²) in [6, 6.07) is 5.63. The summed E-state index contributed by atoms with van der Waals surface area (Å²) in [5.74, 6) is 0.0432. The van der Waals surface area contributed by atoms with Gasteiger partial charge in [0.25, 0.3) is 5.91 Å². The lowest BCUT2D eigenvalue weighted by Crippen LogP contribution is -2.65. The fourth-order valence-corrected chi connectivity index (χ4v) is 6.47. The zero-order chi connectivity index (χ0) is 21.9. The summed E-state index contributed by atoms with van der Waals surface area (Å²) in [5, 5.41) is 2.36. The number of benzene rings is 1. The highest BCUT2D eigenvalue weighted by Gasteiger charge is 2.50. The number of nitrogens with zero attached hydrogens (tertiary/aromatic N) is 2. The molecule has 1 unspecified atom stereocenters. The maximum atomic E-state index is 12.9. The number of hydrogen-bond donors (Lipinski definition) is 1. The highest BCUT2D eigenvalue weighted by atomic mass is 16.5. The fourth-order valence-electron chi connectivity index (χ4n) is 6.47. The molecule has 2 aliphatic carbocycles. The molecule has 3 amide bonds. The summed E-state index contributed by atoms with van der Waals surface area (Å²) >= 11 is 0. The number of amides is 3. The Labute approximate surface area is 188 Å². The molecule has 2 saturated carbocycles. The lowest BCUT2D eigenvalue weighted by atomic mass is 9.62. The number of carbonyl (C=O) groups excluding carboxylic acids is 3. The third-order valence-electron chi connectivity index (χ3n) is 8.41. The molecule has 1 aromatic carbocycles. The van der Waals surface area contributed by atoms with Crippen molar-refractivity contribution < 1.29 is 19.1 Å². The molecule has 4 fully saturated rings. The molecule has 3 aliphatic heterocycles. The molecule has 1 N–H and O–H groups in total. The van der Waals surface area contributed by atoms with Gasteiger partial charge in [0.05, 0.1) is 0 Å². The molecule has 2 saturated heterocycles. The van der Waals surface area contributed by atoms with Gasteiger partial charge < -0.3 is 9.64 Å². The van der Waals surface area contributed by atoms with Crippen LogP contribution in [0.2, 0.25) is 0 Å². The van der Waals surface area contributed by atoms with Crippen LogP contribution in [0.1, 0.15) is 73.7 Å². The first-order valence-electron chi connectivity index (χ1n) is 12.2. The molecule has 3 heterocycles. The van der Waals surface area contributed by atoms with Crippen LogP contribution in [-0.4, -0.2) is 58.8 Å². The average molecular weight is 438 g/mol. The van der Waals surface area contributed by atoms with E-state index in [0.29, 0.717) is 30.0 Å². The Bertz CT molecular complexity index is 964. The van der Waals surface area contributed by atoms with E-state index in [0.717, 1.165) is 17.7 Å². The molecule has 1 aromatic rings. The molecule has 1 spiro atoms. The second-order valence-corrected chi connectivity index (χ2v) is 10.5. The Morgan fingerprint density at radius 1 is 1.00 bits per heavy atom. The lowest BCUT2D eigenvalue weighted by molar-refractivity contribution is -0.136. The van der Waals surface area contributed by atoms with E-state index in [1.54, 1.807) is 4.90 Å². The van der Waals surface area contributed by atoms with Crippen LogP contribution in [0.4, 0.5) is 0 Å². The smallest absolute Gasteiger partial charge is 0.255 e. The zero-order valence-electron chi connectivity index (χ0n) is 18.5. The maximum absolute atomic E-state index is 12.9. The predicted molar refractivity (Wildman–Crippen MR) is 117 cm³/mol. The number of fused-ring (bicyclic) bond motifs is 1. The monoisotopic (exact) mass is 437 g/mol. The van der Waals surface area contributed by atoms with E-state index >= 15 is 0 Å². The standard InChI is InChI=1S/C25H31N3O4/c29-22-9-8-20(23(30)26-22)28-13-16-12-17(6-7-18(16)24(28)31)32-21-5-2-1-4-19(21)27-14-25(15-27)10-3-11-25/h6-7,12,19-21H,1-5,8-11,13-15H2,(H,26,29,30)/t19-,20?,21-/m0/s1. The van der Waals surface area contributed by atoms with Crippen LogP contribution in [0.5, 0.6) is 5.75 Å². The van der Waals surface area contributed by atoms with Gasteiger partial charge in [-0.25, -0.2) is 0 Å². The molecular formula is C25H31N3O4. The maximum Gasteiger partial charge on any atom is 0.255 e. The molecular weight excluding hydrogens is 406 g/mol. The van der Waals surface area contributed by atoms with Gasteiger partial charge in [0.15, 0.2) is 0 Å². The number of carbonyl (C=O) groups is 3. The van der Waals surface area contributed by atoms with Crippen molar-refractivity contribution in [2.45, 2.75) is 82.5 Å². The van der Waals surface area contributed by atoms with Gasteiger partial charge in [0.2, 0.25) is 11.8 Å². The Morgan fingerprint density at radius 3 is 2.56 bits per heavy atom. The van der Waals surface area contributed by atoms with E-state index in [1.165, 1.54) is 51.6 Å². The fraction of sp³-hybridized carbons (Fsp3) is 0.640. The van der Waals surface area contributed by atoms with Crippen LogP contribution in [0, 0.1) is 5.41 Å². The minimum absolute atomic E-state index is 0.136. The molecule has 170 valence electrons. The first-order chi connectivity index (χ1) is 15.5. The molecule has 6 rings (SSSR count). The summed E-state index contributed by atoms with van der Waals surface area (Å²) in [4.78, 5) is 40.9. The molecule has 5 aliphatic rings. The van der Waals surface area contributed by atoms with E-state index in [4.69, 9.17) is 4.74 Å². The number of ether oxygens (including phenoxy) is 1. The van der Waals surface area contributed by atoms with Gasteiger partial charge in [-0.05, 0) is 67.7 Å². The van der Waals surface area contributed by atoms with Crippen molar-refractivity contribution in [3.05, 3.63) is 29.3 Å².